The largest absolute Gasteiger partial charge is 0.464 e. The Labute approximate surface area is 136 Å². The molecule has 1 N–H and O–H groups in total. The molecular formula is C16H23N5O2. The van der Waals surface area contributed by atoms with E-state index in [1.807, 2.05) is 19.9 Å². The zero-order valence-electron chi connectivity index (χ0n) is 14.3. The molecule has 0 fully saturated rings. The first-order valence-electron chi connectivity index (χ1n) is 7.70. The number of ether oxygens (including phenoxy) is 1. The Balaban J connectivity index is 2.20. The predicted molar refractivity (Wildman–Crippen MR) is 87.6 cm³/mol. The third kappa shape index (κ3) is 3.85. The van der Waals surface area contributed by atoms with E-state index in [0.717, 1.165) is 17.8 Å². The van der Waals surface area contributed by atoms with E-state index in [4.69, 9.17) is 4.74 Å². The van der Waals surface area contributed by atoms with Crippen LogP contribution in [-0.2, 0) is 21.5 Å². The van der Waals surface area contributed by atoms with E-state index in [1.54, 1.807) is 37.8 Å². The summed E-state index contributed by atoms with van der Waals surface area (Å²) in [5.41, 5.74) is 0.855. The smallest absolute Gasteiger partial charge is 0.333 e. The minimum absolute atomic E-state index is 0.319. The van der Waals surface area contributed by atoms with E-state index < -0.39 is 5.54 Å². The van der Waals surface area contributed by atoms with E-state index in [9.17, 15) is 4.79 Å². The van der Waals surface area contributed by atoms with Crippen LogP contribution in [0.4, 0.5) is 11.5 Å². The number of anilines is 2. The maximum Gasteiger partial charge on any atom is 0.333 e. The molecule has 7 heteroatoms. The van der Waals surface area contributed by atoms with Crippen LogP contribution in [-0.4, -0.2) is 32.3 Å². The third-order valence-corrected chi connectivity index (χ3v) is 3.46. The second kappa shape index (κ2) is 6.76. The van der Waals surface area contributed by atoms with Crippen LogP contribution >= 0.6 is 0 Å². The fourth-order valence-electron chi connectivity index (χ4n) is 2.12. The summed E-state index contributed by atoms with van der Waals surface area (Å²) in [6, 6.07) is 1.90. The summed E-state index contributed by atoms with van der Waals surface area (Å²) in [5, 5.41) is 7.46. The molecule has 0 aromatic carbocycles. The van der Waals surface area contributed by atoms with E-state index in [2.05, 4.69) is 20.4 Å². The molecule has 0 atom stereocenters. The average molecular weight is 317 g/mol. The Morgan fingerprint density at radius 1 is 1.35 bits per heavy atom. The summed E-state index contributed by atoms with van der Waals surface area (Å²) < 4.78 is 6.68. The molecule has 0 bridgehead atoms. The lowest BCUT2D eigenvalue weighted by Crippen LogP contribution is -2.37. The molecule has 0 amide bonds. The van der Waals surface area contributed by atoms with Gasteiger partial charge in [0.2, 0.25) is 0 Å². The van der Waals surface area contributed by atoms with Crippen LogP contribution < -0.4 is 5.32 Å². The molecule has 0 aliphatic rings. The van der Waals surface area contributed by atoms with Gasteiger partial charge in [0.25, 0.3) is 0 Å². The molecule has 124 valence electrons. The molecule has 7 nitrogen and oxygen atoms in total. The van der Waals surface area contributed by atoms with Gasteiger partial charge in [-0.2, -0.15) is 5.10 Å². The van der Waals surface area contributed by atoms with Crippen LogP contribution in [0, 0.1) is 6.92 Å². The van der Waals surface area contributed by atoms with Crippen molar-refractivity contribution in [3.8, 4) is 0 Å². The maximum absolute atomic E-state index is 12.0. The highest BCUT2D eigenvalue weighted by Gasteiger charge is 2.32. The molecule has 2 aromatic heterocycles. The van der Waals surface area contributed by atoms with Gasteiger partial charge in [-0.25, -0.2) is 14.8 Å². The van der Waals surface area contributed by atoms with E-state index in [1.165, 1.54) is 0 Å². The Kier molecular flexibility index (Phi) is 4.98. The molecule has 0 aliphatic carbocycles. The monoisotopic (exact) mass is 317 g/mol. The molecule has 0 radical (unpaired) electrons. The van der Waals surface area contributed by atoms with Gasteiger partial charge in [0.15, 0.2) is 5.54 Å². The van der Waals surface area contributed by atoms with Crippen LogP contribution in [0.2, 0.25) is 0 Å². The molecule has 2 rings (SSSR count). The van der Waals surface area contributed by atoms with Crippen LogP contribution in [0.25, 0.3) is 0 Å². The van der Waals surface area contributed by atoms with Crippen molar-refractivity contribution in [2.75, 3.05) is 11.9 Å². The molecule has 0 saturated heterocycles. The molecule has 0 spiro atoms. The topological polar surface area (TPSA) is 81.9 Å². The lowest BCUT2D eigenvalue weighted by Gasteiger charge is -2.22. The van der Waals surface area contributed by atoms with Crippen LogP contribution in [0.3, 0.4) is 0 Å². The van der Waals surface area contributed by atoms with Crippen molar-refractivity contribution in [2.45, 2.75) is 46.6 Å². The number of nitrogens with one attached hydrogen (secondary N) is 1. The standard InChI is InChI=1S/C16H23N5O2/c1-6-12-8-14(19-11(3)18-12)20-13-9-17-21(10-13)16(4,5)15(22)23-7-2/h8-10H,6-7H2,1-5H3,(H,18,19,20). The summed E-state index contributed by atoms with van der Waals surface area (Å²) in [6.07, 6.45) is 4.26. The van der Waals surface area contributed by atoms with E-state index in [0.29, 0.717) is 18.2 Å². The Hall–Kier alpha value is -2.44. The molecule has 0 aliphatic heterocycles. The number of esters is 1. The highest BCUT2D eigenvalue weighted by atomic mass is 16.5. The molecule has 0 saturated carbocycles. The van der Waals surface area contributed by atoms with Crippen molar-refractivity contribution < 1.29 is 9.53 Å². The normalized spacial score (nSPS) is 11.3. The summed E-state index contributed by atoms with van der Waals surface area (Å²) in [6.45, 7) is 9.57. The highest BCUT2D eigenvalue weighted by molar-refractivity contribution is 5.77. The van der Waals surface area contributed by atoms with Gasteiger partial charge in [-0.3, -0.25) is 4.68 Å². The van der Waals surface area contributed by atoms with Crippen LogP contribution in [0.1, 0.15) is 39.2 Å². The Bertz CT molecular complexity index is 694. The van der Waals surface area contributed by atoms with Crippen LogP contribution in [0.15, 0.2) is 18.5 Å². The number of carbonyl (C=O) groups is 1. The fourth-order valence-corrected chi connectivity index (χ4v) is 2.12. The quantitative estimate of drug-likeness (QED) is 0.825. The zero-order chi connectivity index (χ0) is 17.0. The number of carbonyl (C=O) groups excluding carboxylic acids is 1. The van der Waals surface area contributed by atoms with Gasteiger partial charge >= 0.3 is 5.97 Å². The van der Waals surface area contributed by atoms with Crippen molar-refractivity contribution in [1.29, 1.82) is 0 Å². The molecule has 2 aromatic rings. The Morgan fingerprint density at radius 3 is 2.74 bits per heavy atom. The minimum Gasteiger partial charge on any atom is -0.464 e. The van der Waals surface area contributed by atoms with Crippen molar-refractivity contribution in [2.24, 2.45) is 0 Å². The zero-order valence-corrected chi connectivity index (χ0v) is 14.3. The average Bonchev–Trinajstić information content (AvgIpc) is 2.96. The second-order valence-corrected chi connectivity index (χ2v) is 5.72. The van der Waals surface area contributed by atoms with Crippen molar-refractivity contribution in [1.82, 2.24) is 19.7 Å². The number of rotatable bonds is 6. The van der Waals surface area contributed by atoms with Gasteiger partial charge in [-0.15, -0.1) is 0 Å². The number of nitrogens with zero attached hydrogens (tertiary/aromatic N) is 4. The van der Waals surface area contributed by atoms with Gasteiger partial charge in [0, 0.05) is 18.0 Å². The van der Waals surface area contributed by atoms with Crippen molar-refractivity contribution in [3.05, 3.63) is 30.0 Å². The van der Waals surface area contributed by atoms with E-state index >= 15 is 0 Å². The van der Waals surface area contributed by atoms with Gasteiger partial charge in [0.1, 0.15) is 11.6 Å². The van der Waals surface area contributed by atoms with Gasteiger partial charge in [0.05, 0.1) is 18.5 Å². The van der Waals surface area contributed by atoms with Crippen LogP contribution in [0.5, 0.6) is 0 Å². The maximum atomic E-state index is 12.0. The summed E-state index contributed by atoms with van der Waals surface area (Å²) in [5.74, 6) is 1.11. The van der Waals surface area contributed by atoms with Crippen molar-refractivity contribution in [3.63, 3.8) is 0 Å². The second-order valence-electron chi connectivity index (χ2n) is 5.72. The SMILES string of the molecule is CCOC(=O)C(C)(C)n1cc(Nc2cc(CC)nc(C)n2)cn1. The summed E-state index contributed by atoms with van der Waals surface area (Å²) in [4.78, 5) is 20.7. The lowest BCUT2D eigenvalue weighted by molar-refractivity contribution is -0.152. The molecular weight excluding hydrogens is 294 g/mol. The first-order chi connectivity index (χ1) is 10.9. The number of hydrogen-bond acceptors (Lipinski definition) is 6. The highest BCUT2D eigenvalue weighted by Crippen LogP contribution is 2.21. The number of hydrogen-bond donors (Lipinski definition) is 1. The summed E-state index contributed by atoms with van der Waals surface area (Å²) in [7, 11) is 0. The fraction of sp³-hybridized carbons (Fsp3) is 0.500. The molecule has 23 heavy (non-hydrogen) atoms. The number of aromatic nitrogens is 4. The first kappa shape index (κ1) is 16.9. The minimum atomic E-state index is -0.869. The summed E-state index contributed by atoms with van der Waals surface area (Å²) >= 11 is 0. The first-order valence-corrected chi connectivity index (χ1v) is 7.70. The molecule has 0 unspecified atom stereocenters. The van der Waals surface area contributed by atoms with E-state index in [-0.39, 0.29) is 5.97 Å². The molecule has 2 heterocycles. The Morgan fingerprint density at radius 2 is 2.09 bits per heavy atom. The number of aryl methyl sites for hydroxylation is 2. The predicted octanol–water partition coefficient (Wildman–Crippen LogP) is 2.59. The van der Waals surface area contributed by atoms with Gasteiger partial charge in [-0.05, 0) is 34.1 Å². The lowest BCUT2D eigenvalue weighted by atomic mass is 10.1. The third-order valence-electron chi connectivity index (χ3n) is 3.46. The van der Waals surface area contributed by atoms with Gasteiger partial charge in [-0.1, -0.05) is 6.92 Å². The van der Waals surface area contributed by atoms with Gasteiger partial charge < -0.3 is 10.1 Å². The van der Waals surface area contributed by atoms with Crippen molar-refractivity contribution >= 4 is 17.5 Å².